The second-order valence-electron chi connectivity index (χ2n) is 3.54. The third-order valence-corrected chi connectivity index (χ3v) is 2.20. The fourth-order valence-corrected chi connectivity index (χ4v) is 1.28. The van der Waals surface area contributed by atoms with Gasteiger partial charge in [0, 0.05) is 12.2 Å². The number of nitrogens with zero attached hydrogens (tertiary/aromatic N) is 1. The summed E-state index contributed by atoms with van der Waals surface area (Å²) < 4.78 is 18.8. The summed E-state index contributed by atoms with van der Waals surface area (Å²) in [6.07, 6.45) is 3.48. The van der Waals surface area contributed by atoms with Crippen molar-refractivity contribution in [3.05, 3.63) is 35.1 Å². The van der Waals surface area contributed by atoms with Crippen LogP contribution in [-0.2, 0) is 11.3 Å². The van der Waals surface area contributed by atoms with Gasteiger partial charge in [0.1, 0.15) is 5.82 Å². The van der Waals surface area contributed by atoms with E-state index in [0.717, 1.165) is 12.8 Å². The van der Waals surface area contributed by atoms with Gasteiger partial charge in [0.2, 0.25) is 0 Å². The minimum atomic E-state index is -0.283. The number of rotatable bonds is 6. The molecule has 0 atom stereocenters. The predicted molar refractivity (Wildman–Crippen MR) is 62.7 cm³/mol. The molecule has 0 aliphatic heterocycles. The summed E-state index contributed by atoms with van der Waals surface area (Å²) >= 11 is 0. The van der Waals surface area contributed by atoms with E-state index in [2.05, 4.69) is 12.0 Å². The molecule has 0 radical (unpaired) electrons. The Bertz CT molecular complexity index is 353. The summed E-state index contributed by atoms with van der Waals surface area (Å²) in [6, 6.07) is 4.85. The molecule has 0 amide bonds. The molecule has 3 nitrogen and oxygen atoms in total. The summed E-state index contributed by atoms with van der Waals surface area (Å²) in [4.78, 5) is 0. The van der Waals surface area contributed by atoms with E-state index in [-0.39, 0.29) is 5.82 Å². The zero-order valence-corrected chi connectivity index (χ0v) is 9.45. The van der Waals surface area contributed by atoms with E-state index in [1.807, 2.05) is 0 Å². The van der Waals surface area contributed by atoms with Crippen LogP contribution in [0.1, 0.15) is 30.9 Å². The fourth-order valence-electron chi connectivity index (χ4n) is 1.28. The summed E-state index contributed by atoms with van der Waals surface area (Å²) in [7, 11) is 0. The van der Waals surface area contributed by atoms with Crippen LogP contribution >= 0.6 is 0 Å². The topological polar surface area (TPSA) is 47.6 Å². The monoisotopic (exact) mass is 224 g/mol. The number of ether oxygens (including phenoxy) is 1. The Kier molecular flexibility index (Phi) is 5.50. The smallest absolute Gasteiger partial charge is 0.129 e. The van der Waals surface area contributed by atoms with E-state index in [1.54, 1.807) is 12.1 Å². The van der Waals surface area contributed by atoms with Gasteiger partial charge in [0.25, 0.3) is 0 Å². The Balaban J connectivity index is 2.54. The molecule has 0 fully saturated rings. The van der Waals surface area contributed by atoms with Crippen LogP contribution in [0.2, 0.25) is 0 Å². The Morgan fingerprint density at radius 2 is 2.31 bits per heavy atom. The summed E-state index contributed by atoms with van der Waals surface area (Å²) in [5, 5.41) is 3.34. The predicted octanol–water partition coefficient (Wildman–Crippen LogP) is 2.44. The molecule has 16 heavy (non-hydrogen) atoms. The first kappa shape index (κ1) is 12.6. The Morgan fingerprint density at radius 3 is 2.94 bits per heavy atom. The van der Waals surface area contributed by atoms with Crippen LogP contribution in [0.3, 0.4) is 0 Å². The van der Waals surface area contributed by atoms with Gasteiger partial charge in [-0.3, -0.25) is 0 Å². The third-order valence-electron chi connectivity index (χ3n) is 2.20. The molecular formula is C12H17FN2O. The molecule has 1 aromatic rings. The number of hydrogen-bond donors (Lipinski definition) is 1. The normalized spacial score (nSPS) is 11.1. The molecule has 0 heterocycles. The maximum atomic E-state index is 13.5. The van der Waals surface area contributed by atoms with E-state index in [9.17, 15) is 4.39 Å². The van der Waals surface area contributed by atoms with Crippen LogP contribution in [0.25, 0.3) is 0 Å². The maximum absolute atomic E-state index is 13.5. The molecule has 0 aliphatic carbocycles. The standard InChI is InChI=1S/C12H17FN2O/c1-2-3-6-16-9-11-5-4-10(8-15-14)7-12(11)13/h4-5,7-8H,2-3,6,9,14H2,1H3. The highest BCUT2D eigenvalue weighted by atomic mass is 19.1. The average Bonchev–Trinajstić information content (AvgIpc) is 2.27. The van der Waals surface area contributed by atoms with Gasteiger partial charge in [0.15, 0.2) is 0 Å². The van der Waals surface area contributed by atoms with Gasteiger partial charge in [-0.1, -0.05) is 25.5 Å². The molecule has 0 bridgehead atoms. The number of nitrogens with two attached hydrogens (primary N) is 1. The zero-order chi connectivity index (χ0) is 11.8. The van der Waals surface area contributed by atoms with Crippen molar-refractivity contribution in [1.29, 1.82) is 0 Å². The fraction of sp³-hybridized carbons (Fsp3) is 0.417. The SMILES string of the molecule is CCCCOCc1ccc(C=NN)cc1F. The molecule has 0 spiro atoms. The first-order chi connectivity index (χ1) is 7.77. The van der Waals surface area contributed by atoms with Crippen molar-refractivity contribution < 1.29 is 9.13 Å². The van der Waals surface area contributed by atoms with Crippen molar-refractivity contribution in [2.45, 2.75) is 26.4 Å². The van der Waals surface area contributed by atoms with Crippen molar-refractivity contribution in [3.8, 4) is 0 Å². The zero-order valence-electron chi connectivity index (χ0n) is 9.45. The first-order valence-corrected chi connectivity index (χ1v) is 5.37. The van der Waals surface area contributed by atoms with Crippen LogP contribution in [0.4, 0.5) is 4.39 Å². The van der Waals surface area contributed by atoms with E-state index >= 15 is 0 Å². The van der Waals surface area contributed by atoms with E-state index in [4.69, 9.17) is 10.6 Å². The molecule has 0 unspecified atom stereocenters. The minimum absolute atomic E-state index is 0.283. The van der Waals surface area contributed by atoms with Crippen LogP contribution in [0.15, 0.2) is 23.3 Å². The highest BCUT2D eigenvalue weighted by Crippen LogP contribution is 2.10. The summed E-state index contributed by atoms with van der Waals surface area (Å²) in [5.41, 5.74) is 1.21. The molecule has 88 valence electrons. The van der Waals surface area contributed by atoms with Crippen molar-refractivity contribution >= 4 is 6.21 Å². The third kappa shape index (κ3) is 3.98. The highest BCUT2D eigenvalue weighted by Gasteiger charge is 2.02. The molecule has 1 aromatic carbocycles. The molecule has 0 aliphatic rings. The van der Waals surface area contributed by atoms with Gasteiger partial charge in [-0.05, 0) is 18.1 Å². The molecule has 0 saturated heterocycles. The molecule has 1 rings (SSSR count). The highest BCUT2D eigenvalue weighted by molar-refractivity contribution is 5.79. The largest absolute Gasteiger partial charge is 0.377 e. The second-order valence-corrected chi connectivity index (χ2v) is 3.54. The lowest BCUT2D eigenvalue weighted by atomic mass is 10.1. The van der Waals surface area contributed by atoms with Gasteiger partial charge in [-0.15, -0.1) is 0 Å². The summed E-state index contributed by atoms with van der Waals surface area (Å²) in [5.74, 6) is 4.70. The molecule has 0 saturated carbocycles. The number of unbranched alkanes of at least 4 members (excludes halogenated alkanes) is 1. The minimum Gasteiger partial charge on any atom is -0.377 e. The Labute approximate surface area is 95.1 Å². The van der Waals surface area contributed by atoms with Gasteiger partial charge in [-0.25, -0.2) is 4.39 Å². The maximum Gasteiger partial charge on any atom is 0.129 e. The van der Waals surface area contributed by atoms with Crippen LogP contribution in [0, 0.1) is 5.82 Å². The number of hydrazone groups is 1. The van der Waals surface area contributed by atoms with Crippen LogP contribution in [0.5, 0.6) is 0 Å². The van der Waals surface area contributed by atoms with E-state index in [1.165, 1.54) is 12.3 Å². The lowest BCUT2D eigenvalue weighted by molar-refractivity contribution is 0.116. The van der Waals surface area contributed by atoms with Gasteiger partial charge in [-0.2, -0.15) is 5.10 Å². The van der Waals surface area contributed by atoms with E-state index < -0.39 is 0 Å². The van der Waals surface area contributed by atoms with Crippen molar-refractivity contribution in [2.24, 2.45) is 10.9 Å². The van der Waals surface area contributed by atoms with Gasteiger partial charge >= 0.3 is 0 Å². The van der Waals surface area contributed by atoms with Crippen molar-refractivity contribution in [3.63, 3.8) is 0 Å². The Hall–Kier alpha value is -1.42. The van der Waals surface area contributed by atoms with E-state index in [0.29, 0.717) is 24.3 Å². The molecule has 0 aromatic heterocycles. The Morgan fingerprint density at radius 1 is 1.50 bits per heavy atom. The quantitative estimate of drug-likeness (QED) is 0.349. The molecular weight excluding hydrogens is 207 g/mol. The van der Waals surface area contributed by atoms with Gasteiger partial charge in [0.05, 0.1) is 12.8 Å². The lowest BCUT2D eigenvalue weighted by Crippen LogP contribution is -1.99. The van der Waals surface area contributed by atoms with Crippen LogP contribution in [-0.4, -0.2) is 12.8 Å². The lowest BCUT2D eigenvalue weighted by Gasteiger charge is -2.05. The van der Waals surface area contributed by atoms with Gasteiger partial charge < -0.3 is 10.6 Å². The van der Waals surface area contributed by atoms with Crippen molar-refractivity contribution in [2.75, 3.05) is 6.61 Å². The summed E-state index contributed by atoms with van der Waals surface area (Å²) in [6.45, 7) is 3.07. The number of hydrogen-bond acceptors (Lipinski definition) is 3. The molecule has 2 N–H and O–H groups in total. The first-order valence-electron chi connectivity index (χ1n) is 5.37. The van der Waals surface area contributed by atoms with Crippen molar-refractivity contribution in [1.82, 2.24) is 0 Å². The molecule has 4 heteroatoms. The second kappa shape index (κ2) is 6.95. The van der Waals surface area contributed by atoms with Crippen LogP contribution < -0.4 is 5.84 Å². The number of benzene rings is 1. The number of halogens is 1. The average molecular weight is 224 g/mol.